The first-order valence-electron chi connectivity index (χ1n) is 8.97. The maximum atomic E-state index is 12.7. The van der Waals surface area contributed by atoms with E-state index in [1.165, 1.54) is 28.7 Å². The predicted molar refractivity (Wildman–Crippen MR) is 106 cm³/mol. The molecule has 2 aromatic rings. The molecule has 0 bridgehead atoms. The van der Waals surface area contributed by atoms with Gasteiger partial charge in [0.1, 0.15) is 0 Å². The van der Waals surface area contributed by atoms with Gasteiger partial charge in [0.25, 0.3) is 17.5 Å². The van der Waals surface area contributed by atoms with E-state index in [0.717, 1.165) is 19.6 Å². The van der Waals surface area contributed by atoms with Crippen molar-refractivity contribution in [2.45, 2.75) is 25.4 Å². The summed E-state index contributed by atoms with van der Waals surface area (Å²) in [6.07, 6.45) is 1.42. The van der Waals surface area contributed by atoms with Crippen molar-refractivity contribution in [2.24, 2.45) is 0 Å². The van der Waals surface area contributed by atoms with Crippen LogP contribution in [0.5, 0.6) is 0 Å². The molecule has 0 saturated carbocycles. The Hall–Kier alpha value is -2.77. The second-order valence-electron chi connectivity index (χ2n) is 6.96. The van der Waals surface area contributed by atoms with Crippen molar-refractivity contribution in [2.75, 3.05) is 13.1 Å². The van der Waals surface area contributed by atoms with Crippen molar-refractivity contribution in [3.8, 4) is 0 Å². The summed E-state index contributed by atoms with van der Waals surface area (Å²) in [7, 11) is 0. The summed E-state index contributed by atoms with van der Waals surface area (Å²) in [5.74, 6) is -0.758. The van der Waals surface area contributed by atoms with Crippen molar-refractivity contribution >= 4 is 29.9 Å². The SMILES string of the molecule is Cl.O=C1c2ccc([N+](=O)[O-])cc2C(=O)N1C1CCN(Cc2ccccc2)CC1. The fraction of sp³-hybridized carbons (Fsp3) is 0.300. The van der Waals surface area contributed by atoms with Crippen LogP contribution in [0, 0.1) is 10.1 Å². The number of nitro benzene ring substituents is 1. The molecule has 8 heteroatoms. The lowest BCUT2D eigenvalue weighted by atomic mass is 10.0. The Labute approximate surface area is 168 Å². The first-order valence-corrected chi connectivity index (χ1v) is 8.97. The van der Waals surface area contributed by atoms with E-state index in [2.05, 4.69) is 17.0 Å². The van der Waals surface area contributed by atoms with Crippen LogP contribution in [0.4, 0.5) is 5.69 Å². The fourth-order valence-corrected chi connectivity index (χ4v) is 3.87. The maximum Gasteiger partial charge on any atom is 0.270 e. The molecule has 7 nitrogen and oxygen atoms in total. The summed E-state index contributed by atoms with van der Waals surface area (Å²) in [4.78, 5) is 39.4. The van der Waals surface area contributed by atoms with Crippen LogP contribution in [-0.2, 0) is 6.54 Å². The number of carbonyl (C=O) groups is 2. The highest BCUT2D eigenvalue weighted by Crippen LogP contribution is 2.31. The average Bonchev–Trinajstić information content (AvgIpc) is 2.93. The van der Waals surface area contributed by atoms with Crippen LogP contribution in [0.2, 0.25) is 0 Å². The van der Waals surface area contributed by atoms with Crippen LogP contribution in [0.15, 0.2) is 48.5 Å². The Morgan fingerprint density at radius 2 is 1.61 bits per heavy atom. The van der Waals surface area contributed by atoms with Crippen molar-refractivity contribution in [3.05, 3.63) is 75.3 Å². The smallest absolute Gasteiger partial charge is 0.270 e. The number of amides is 2. The van der Waals surface area contributed by atoms with Crippen LogP contribution in [0.1, 0.15) is 39.1 Å². The minimum Gasteiger partial charge on any atom is -0.299 e. The quantitative estimate of drug-likeness (QED) is 0.446. The standard InChI is InChI=1S/C20H19N3O4.ClH/c24-19-17-7-6-16(23(26)27)12-18(17)20(25)22(19)15-8-10-21(11-9-15)13-14-4-2-1-3-5-14;/h1-7,12,15H,8-11,13H2;1H. The number of hydrogen-bond acceptors (Lipinski definition) is 5. The summed E-state index contributed by atoms with van der Waals surface area (Å²) < 4.78 is 0. The van der Waals surface area contributed by atoms with Crippen LogP contribution < -0.4 is 0 Å². The number of piperidine rings is 1. The molecule has 0 spiro atoms. The van der Waals surface area contributed by atoms with E-state index in [-0.39, 0.29) is 41.2 Å². The molecular formula is C20H20ClN3O4. The molecule has 0 unspecified atom stereocenters. The van der Waals surface area contributed by atoms with E-state index in [9.17, 15) is 19.7 Å². The molecule has 0 aromatic heterocycles. The third kappa shape index (κ3) is 3.63. The van der Waals surface area contributed by atoms with E-state index in [1.807, 2.05) is 18.2 Å². The Balaban J connectivity index is 0.00000225. The highest BCUT2D eigenvalue weighted by atomic mass is 35.5. The number of hydrogen-bond donors (Lipinski definition) is 0. The fourth-order valence-electron chi connectivity index (χ4n) is 3.87. The monoisotopic (exact) mass is 401 g/mol. The molecule has 28 heavy (non-hydrogen) atoms. The third-order valence-corrected chi connectivity index (χ3v) is 5.28. The van der Waals surface area contributed by atoms with Gasteiger partial charge < -0.3 is 0 Å². The van der Waals surface area contributed by atoms with E-state index in [0.29, 0.717) is 12.8 Å². The zero-order chi connectivity index (χ0) is 19.0. The number of nitro groups is 1. The van der Waals surface area contributed by atoms with Crippen molar-refractivity contribution in [1.29, 1.82) is 0 Å². The summed E-state index contributed by atoms with van der Waals surface area (Å²) in [5.41, 5.74) is 1.47. The lowest BCUT2D eigenvalue weighted by Gasteiger charge is -2.35. The van der Waals surface area contributed by atoms with Crippen molar-refractivity contribution in [3.63, 3.8) is 0 Å². The minimum atomic E-state index is -0.553. The van der Waals surface area contributed by atoms with E-state index >= 15 is 0 Å². The second-order valence-corrected chi connectivity index (χ2v) is 6.96. The van der Waals surface area contributed by atoms with Gasteiger partial charge in [0.15, 0.2) is 0 Å². The normalized spacial score (nSPS) is 17.4. The summed E-state index contributed by atoms with van der Waals surface area (Å²) in [5, 5.41) is 10.9. The van der Waals surface area contributed by atoms with Crippen molar-refractivity contribution in [1.82, 2.24) is 9.80 Å². The molecule has 0 N–H and O–H groups in total. The first kappa shape index (κ1) is 20.0. The van der Waals surface area contributed by atoms with E-state index < -0.39 is 10.8 Å². The van der Waals surface area contributed by atoms with Gasteiger partial charge in [-0.3, -0.25) is 29.5 Å². The highest BCUT2D eigenvalue weighted by Gasteiger charge is 2.41. The Morgan fingerprint density at radius 3 is 2.25 bits per heavy atom. The van der Waals surface area contributed by atoms with Crippen LogP contribution >= 0.6 is 12.4 Å². The largest absolute Gasteiger partial charge is 0.299 e. The number of non-ortho nitro benzene ring substituents is 1. The lowest BCUT2D eigenvalue weighted by molar-refractivity contribution is -0.384. The van der Waals surface area contributed by atoms with Gasteiger partial charge in [-0.25, -0.2) is 0 Å². The van der Waals surface area contributed by atoms with Crippen LogP contribution in [-0.4, -0.2) is 45.7 Å². The molecule has 2 aliphatic heterocycles. The number of carbonyl (C=O) groups excluding carboxylic acids is 2. The number of fused-ring (bicyclic) bond motifs is 1. The number of likely N-dealkylation sites (tertiary alicyclic amines) is 1. The van der Waals surface area contributed by atoms with E-state index in [4.69, 9.17) is 0 Å². The van der Waals surface area contributed by atoms with Crippen molar-refractivity contribution < 1.29 is 14.5 Å². The molecule has 2 heterocycles. The number of rotatable bonds is 4. The zero-order valence-corrected chi connectivity index (χ0v) is 15.9. The molecule has 1 saturated heterocycles. The van der Waals surface area contributed by atoms with Gasteiger partial charge in [-0.2, -0.15) is 0 Å². The van der Waals surface area contributed by atoms with Gasteiger partial charge in [0.05, 0.1) is 16.1 Å². The third-order valence-electron chi connectivity index (χ3n) is 5.28. The van der Waals surface area contributed by atoms with Gasteiger partial charge in [-0.1, -0.05) is 30.3 Å². The van der Waals surface area contributed by atoms with Crippen LogP contribution in [0.25, 0.3) is 0 Å². The number of halogens is 1. The summed E-state index contributed by atoms with van der Waals surface area (Å²) in [6.45, 7) is 2.45. The molecule has 4 rings (SSSR count). The second kappa shape index (κ2) is 8.08. The molecule has 0 atom stereocenters. The zero-order valence-electron chi connectivity index (χ0n) is 15.1. The highest BCUT2D eigenvalue weighted by molar-refractivity contribution is 6.21. The van der Waals surface area contributed by atoms with Gasteiger partial charge in [-0.05, 0) is 24.5 Å². The Morgan fingerprint density at radius 1 is 0.964 bits per heavy atom. The van der Waals surface area contributed by atoms with Gasteiger partial charge >= 0.3 is 0 Å². The minimum absolute atomic E-state index is 0. The van der Waals surface area contributed by atoms with E-state index in [1.54, 1.807) is 0 Å². The lowest BCUT2D eigenvalue weighted by Crippen LogP contribution is -2.47. The average molecular weight is 402 g/mol. The van der Waals surface area contributed by atoms with Crippen LogP contribution in [0.3, 0.4) is 0 Å². The summed E-state index contributed by atoms with van der Waals surface area (Å²) in [6, 6.07) is 13.9. The topological polar surface area (TPSA) is 83.8 Å². The number of benzene rings is 2. The number of imide groups is 1. The molecule has 2 aromatic carbocycles. The predicted octanol–water partition coefficient (Wildman–Crippen LogP) is 3.28. The van der Waals surface area contributed by atoms with Gasteiger partial charge in [0, 0.05) is 37.8 Å². The molecule has 0 aliphatic carbocycles. The molecule has 2 amide bonds. The molecule has 0 radical (unpaired) electrons. The maximum absolute atomic E-state index is 12.7. The summed E-state index contributed by atoms with van der Waals surface area (Å²) >= 11 is 0. The molecule has 146 valence electrons. The Kier molecular flexibility index (Phi) is 5.76. The molecular weight excluding hydrogens is 382 g/mol. The van der Waals surface area contributed by atoms with Gasteiger partial charge in [-0.15, -0.1) is 12.4 Å². The Bertz CT molecular complexity index is 911. The number of nitrogens with zero attached hydrogens (tertiary/aromatic N) is 3. The molecule has 2 aliphatic rings. The first-order chi connectivity index (χ1) is 13.0. The molecule has 1 fully saturated rings. The van der Waals surface area contributed by atoms with Gasteiger partial charge in [0.2, 0.25) is 0 Å².